The quantitative estimate of drug-likeness (QED) is 0.182. The predicted octanol–water partition coefficient (Wildman–Crippen LogP) is 6.32. The number of nitrogens with two attached hydrogens (primary N) is 1. The molecule has 1 amide bonds. The molecule has 3 N–H and O–H groups in total. The van der Waals surface area contributed by atoms with Crippen LogP contribution in [0.15, 0.2) is 71.7 Å². The maximum absolute atomic E-state index is 13.8. The Morgan fingerprint density at radius 2 is 1.84 bits per heavy atom. The van der Waals surface area contributed by atoms with Gasteiger partial charge in [0.1, 0.15) is 5.75 Å². The number of amides is 1. The molecule has 0 aromatic heterocycles. The molecule has 6 rings (SSSR count). The molecule has 4 aromatic carbocycles. The number of halogens is 1. The van der Waals surface area contributed by atoms with Crippen molar-refractivity contribution in [1.82, 2.24) is 0 Å². The molecule has 2 aliphatic heterocycles. The van der Waals surface area contributed by atoms with E-state index < -0.39 is 0 Å². The molecular weight excluding hydrogens is 498 g/mol. The van der Waals surface area contributed by atoms with E-state index in [2.05, 4.69) is 4.99 Å². The number of hydrogen-bond donors (Lipinski definition) is 2. The maximum Gasteiger partial charge on any atom is 0.258 e. The second-order valence-electron chi connectivity index (χ2n) is 10.0. The summed E-state index contributed by atoms with van der Waals surface area (Å²) in [7, 11) is 0. The molecule has 2 aliphatic rings. The van der Waals surface area contributed by atoms with Crippen LogP contribution in [0.2, 0.25) is 0 Å². The fourth-order valence-electron chi connectivity index (χ4n) is 5.61. The maximum atomic E-state index is 13.8. The molecule has 0 fully saturated rings. The van der Waals surface area contributed by atoms with E-state index in [0.29, 0.717) is 47.0 Å². The molecule has 1 atom stereocenters. The number of hydrogen-bond acceptors (Lipinski definition) is 5. The van der Waals surface area contributed by atoms with Crippen molar-refractivity contribution in [3.63, 3.8) is 0 Å². The highest BCUT2D eigenvalue weighted by Gasteiger charge is 2.35. The minimum atomic E-state index is -0.171. The lowest BCUT2D eigenvalue weighted by molar-refractivity contribution is 0.0984. The topological polar surface area (TPSA) is 96.0 Å². The Morgan fingerprint density at radius 3 is 2.61 bits per heavy atom. The van der Waals surface area contributed by atoms with E-state index in [0.717, 1.165) is 33.2 Å². The number of rotatable bonds is 5. The van der Waals surface area contributed by atoms with Gasteiger partial charge in [-0.2, -0.15) is 0 Å². The summed E-state index contributed by atoms with van der Waals surface area (Å²) in [4.78, 5) is 32.9. The summed E-state index contributed by atoms with van der Waals surface area (Å²) in [5.41, 5.74) is 12.6. The van der Waals surface area contributed by atoms with Crippen molar-refractivity contribution in [1.29, 1.82) is 0 Å². The predicted molar refractivity (Wildman–Crippen MR) is 153 cm³/mol. The van der Waals surface area contributed by atoms with Gasteiger partial charge in [0.15, 0.2) is 5.78 Å². The van der Waals surface area contributed by atoms with E-state index in [1.807, 2.05) is 31.2 Å². The molecule has 0 saturated carbocycles. The molecule has 0 bridgehead atoms. The van der Waals surface area contributed by atoms with Crippen molar-refractivity contribution in [3.8, 4) is 5.75 Å². The number of Topliss-reactive ketones (excluding diaryl/α,β-unsaturated/α-hetero) is 1. The molecule has 6 nitrogen and oxygen atoms in total. The molecule has 4 aromatic rings. The number of carbonyl (C=O) groups is 2. The van der Waals surface area contributed by atoms with Crippen molar-refractivity contribution < 1.29 is 14.7 Å². The van der Waals surface area contributed by atoms with Crippen LogP contribution in [-0.2, 0) is 6.42 Å². The lowest BCUT2D eigenvalue weighted by atomic mass is 9.92. The highest BCUT2D eigenvalue weighted by atomic mass is 35.5. The number of alkyl halides is 1. The first-order valence-corrected chi connectivity index (χ1v) is 13.1. The van der Waals surface area contributed by atoms with Crippen LogP contribution in [0.25, 0.3) is 10.8 Å². The summed E-state index contributed by atoms with van der Waals surface area (Å²) in [5.74, 6) is 0.277. The van der Waals surface area contributed by atoms with Crippen molar-refractivity contribution in [2.24, 2.45) is 4.99 Å². The van der Waals surface area contributed by atoms with Gasteiger partial charge in [-0.3, -0.25) is 14.6 Å². The van der Waals surface area contributed by atoms with Gasteiger partial charge >= 0.3 is 0 Å². The third-order valence-corrected chi connectivity index (χ3v) is 7.88. The van der Waals surface area contributed by atoms with Crippen molar-refractivity contribution >= 4 is 56.8 Å². The number of phenols is 1. The lowest BCUT2D eigenvalue weighted by Crippen LogP contribution is -2.30. The number of anilines is 2. The average molecular weight is 524 g/mol. The van der Waals surface area contributed by atoms with E-state index in [1.165, 1.54) is 0 Å². The number of nitrogens with zero attached hydrogens (tertiary/aromatic N) is 2. The second-order valence-corrected chi connectivity index (χ2v) is 10.3. The molecule has 7 heteroatoms. The number of carbonyl (C=O) groups excluding carboxylic acids is 2. The summed E-state index contributed by atoms with van der Waals surface area (Å²) in [5, 5.41) is 12.5. The SMILES string of the molecule is Cc1cccc2c(O)cc3c(c12)[C@H](CCl)CN3C(=O)c1ccc2c(c1)N=C(CC(=O)c1ccc(N)cc1)C2. The van der Waals surface area contributed by atoms with Gasteiger partial charge < -0.3 is 15.7 Å². The van der Waals surface area contributed by atoms with Crippen molar-refractivity contribution in [2.75, 3.05) is 23.1 Å². The standard InChI is InChI=1S/C31H26ClN3O3/c1-17-3-2-4-24-28(37)14-26-30(29(17)24)21(15-32)16-35(26)31(38)20-6-5-19-11-23(34-25(19)12-20)13-27(36)18-7-9-22(33)10-8-18/h2-10,12,14,21,37H,11,13,15-16,33H2,1H3/t21-/m1/s1. The van der Waals surface area contributed by atoms with Gasteiger partial charge in [0.05, 0.1) is 11.4 Å². The van der Waals surface area contributed by atoms with Crippen LogP contribution >= 0.6 is 11.6 Å². The van der Waals surface area contributed by atoms with E-state index in [1.54, 1.807) is 47.4 Å². The molecule has 0 saturated heterocycles. The Morgan fingerprint density at radius 1 is 1.08 bits per heavy atom. The van der Waals surface area contributed by atoms with Gasteiger partial charge in [0.25, 0.3) is 5.91 Å². The van der Waals surface area contributed by atoms with Crippen molar-refractivity contribution in [3.05, 3.63) is 94.5 Å². The summed E-state index contributed by atoms with van der Waals surface area (Å²) in [6.45, 7) is 2.44. The Balaban J connectivity index is 1.30. The van der Waals surface area contributed by atoms with Crippen molar-refractivity contribution in [2.45, 2.75) is 25.7 Å². The summed E-state index contributed by atoms with van der Waals surface area (Å²) >= 11 is 6.38. The van der Waals surface area contributed by atoms with E-state index >= 15 is 0 Å². The van der Waals surface area contributed by atoms with Crippen LogP contribution in [0.1, 0.15) is 49.7 Å². The fourth-order valence-corrected chi connectivity index (χ4v) is 5.86. The number of fused-ring (bicyclic) bond motifs is 4. The Bertz CT molecular complexity index is 1660. The van der Waals surface area contributed by atoms with Crippen LogP contribution in [0.4, 0.5) is 17.1 Å². The van der Waals surface area contributed by atoms with Gasteiger partial charge in [-0.25, -0.2) is 0 Å². The average Bonchev–Trinajstić information content (AvgIpc) is 3.48. The van der Waals surface area contributed by atoms with E-state index in [9.17, 15) is 14.7 Å². The molecule has 190 valence electrons. The fraction of sp³-hybridized carbons (Fsp3) is 0.194. The number of aromatic hydroxyl groups is 1. The van der Waals surface area contributed by atoms with Crippen LogP contribution in [-0.4, -0.2) is 34.9 Å². The largest absolute Gasteiger partial charge is 0.507 e. The molecule has 0 radical (unpaired) electrons. The van der Waals surface area contributed by atoms with Crippen LogP contribution in [0, 0.1) is 6.92 Å². The minimum absolute atomic E-state index is 0.0176. The number of aliphatic imine (C=N–C) groups is 1. The Kier molecular flexibility index (Phi) is 5.92. The normalized spacial score (nSPS) is 15.9. The highest BCUT2D eigenvalue weighted by molar-refractivity contribution is 6.19. The third kappa shape index (κ3) is 4.02. The van der Waals surface area contributed by atoms with Crippen LogP contribution < -0.4 is 10.6 Å². The minimum Gasteiger partial charge on any atom is -0.507 e. The van der Waals surface area contributed by atoms with Gasteiger partial charge in [-0.1, -0.05) is 24.3 Å². The molecule has 38 heavy (non-hydrogen) atoms. The van der Waals surface area contributed by atoms with Gasteiger partial charge in [-0.15, -0.1) is 11.6 Å². The third-order valence-electron chi connectivity index (χ3n) is 7.50. The van der Waals surface area contributed by atoms with Gasteiger partial charge in [0.2, 0.25) is 0 Å². The summed E-state index contributed by atoms with van der Waals surface area (Å²) in [6.07, 6.45) is 0.787. The van der Waals surface area contributed by atoms with E-state index in [-0.39, 0.29) is 29.8 Å². The first kappa shape index (κ1) is 24.2. The van der Waals surface area contributed by atoms with E-state index in [4.69, 9.17) is 17.3 Å². The zero-order chi connectivity index (χ0) is 26.6. The molecule has 0 aliphatic carbocycles. The summed E-state index contributed by atoms with van der Waals surface area (Å²) in [6, 6.07) is 19.9. The summed E-state index contributed by atoms with van der Waals surface area (Å²) < 4.78 is 0. The zero-order valence-corrected chi connectivity index (χ0v) is 21.6. The Hall–Kier alpha value is -4.16. The molecule has 2 heterocycles. The monoisotopic (exact) mass is 523 g/mol. The van der Waals surface area contributed by atoms with Crippen LogP contribution in [0.3, 0.4) is 0 Å². The number of benzene rings is 4. The number of nitrogen functional groups attached to an aromatic ring is 1. The van der Waals surface area contributed by atoms with Gasteiger partial charge in [0, 0.05) is 65.2 Å². The first-order chi connectivity index (χ1) is 18.3. The van der Waals surface area contributed by atoms with Gasteiger partial charge in [-0.05, 0) is 65.4 Å². The Labute approximate surface area is 225 Å². The number of ketones is 1. The van der Waals surface area contributed by atoms with Crippen LogP contribution in [0.5, 0.6) is 5.75 Å². The number of aryl methyl sites for hydroxylation is 1. The molecule has 0 unspecified atom stereocenters. The highest BCUT2D eigenvalue weighted by Crippen LogP contribution is 2.46. The first-order valence-electron chi connectivity index (χ1n) is 12.5. The lowest BCUT2D eigenvalue weighted by Gasteiger charge is -2.19. The number of phenolic OH excluding ortho intramolecular Hbond substituents is 1. The zero-order valence-electron chi connectivity index (χ0n) is 20.9. The second kappa shape index (κ2) is 9.30. The molecule has 0 spiro atoms. The smallest absolute Gasteiger partial charge is 0.258 e. The molecular formula is C31H26ClN3O3.